The molecule has 0 aromatic heterocycles. The van der Waals surface area contributed by atoms with Gasteiger partial charge >= 0.3 is 5.97 Å². The molecule has 5 nitrogen and oxygen atoms in total. The zero-order valence-corrected chi connectivity index (χ0v) is 16.3. The minimum atomic E-state index is -0.525. The largest absolute Gasteiger partial charge is 0.457 e. The summed E-state index contributed by atoms with van der Waals surface area (Å²) in [6.07, 6.45) is 4.37. The first-order valence-electron chi connectivity index (χ1n) is 9.37. The monoisotopic (exact) mass is 399 g/mol. The van der Waals surface area contributed by atoms with Crippen LogP contribution in [0.25, 0.3) is 0 Å². The van der Waals surface area contributed by atoms with Gasteiger partial charge in [-0.1, -0.05) is 23.7 Å². The summed E-state index contributed by atoms with van der Waals surface area (Å²) < 4.78 is 5.05. The summed E-state index contributed by atoms with van der Waals surface area (Å²) >= 11 is 5.78. The third-order valence-corrected chi connectivity index (χ3v) is 5.01. The van der Waals surface area contributed by atoms with Gasteiger partial charge in [-0.25, -0.2) is 0 Å². The van der Waals surface area contributed by atoms with Crippen molar-refractivity contribution in [3.8, 4) is 0 Å². The second-order valence-electron chi connectivity index (χ2n) is 6.79. The molecule has 2 aromatic carbocycles. The lowest BCUT2D eigenvalue weighted by Crippen LogP contribution is -2.27. The molecule has 0 radical (unpaired) electrons. The van der Waals surface area contributed by atoms with E-state index < -0.39 is 5.97 Å². The Bertz CT molecular complexity index is 877. The molecule has 0 unspecified atom stereocenters. The van der Waals surface area contributed by atoms with Gasteiger partial charge in [0.25, 0.3) is 5.91 Å². The van der Waals surface area contributed by atoms with Crippen molar-refractivity contribution in [1.29, 1.82) is 0 Å². The van der Waals surface area contributed by atoms with Crippen molar-refractivity contribution >= 4 is 29.3 Å². The highest BCUT2D eigenvalue weighted by molar-refractivity contribution is 6.30. The fraction of sp³-hybridized carbons (Fsp3) is 0.318. The lowest BCUT2D eigenvalue weighted by molar-refractivity contribution is -0.142. The molecule has 1 amide bonds. The average Bonchev–Trinajstić information content (AvgIpc) is 2.72. The van der Waals surface area contributed by atoms with Crippen LogP contribution in [-0.4, -0.2) is 30.8 Å². The number of hydrogen-bond acceptors (Lipinski definition) is 4. The van der Waals surface area contributed by atoms with Crippen LogP contribution in [0.4, 0.5) is 0 Å². The number of carbonyl (C=O) groups excluding carboxylic acids is 3. The van der Waals surface area contributed by atoms with Crippen molar-refractivity contribution in [2.75, 3.05) is 13.2 Å². The molecule has 1 aliphatic carbocycles. The molecular weight excluding hydrogens is 378 g/mol. The molecule has 146 valence electrons. The normalized spacial score (nSPS) is 12.8. The Balaban J connectivity index is 1.41. The first-order chi connectivity index (χ1) is 13.5. The van der Waals surface area contributed by atoms with Crippen molar-refractivity contribution in [1.82, 2.24) is 5.32 Å². The number of rotatable bonds is 7. The van der Waals surface area contributed by atoms with Gasteiger partial charge in [0, 0.05) is 22.7 Å². The molecule has 2 aromatic rings. The number of aryl methyl sites for hydroxylation is 2. The van der Waals surface area contributed by atoms with E-state index in [1.54, 1.807) is 30.3 Å². The molecule has 28 heavy (non-hydrogen) atoms. The number of fused-ring (bicyclic) bond motifs is 1. The molecule has 1 N–H and O–H groups in total. The van der Waals surface area contributed by atoms with Crippen molar-refractivity contribution in [3.05, 3.63) is 69.7 Å². The summed E-state index contributed by atoms with van der Waals surface area (Å²) in [6.45, 7) is -0.157. The number of ketones is 1. The van der Waals surface area contributed by atoms with E-state index in [2.05, 4.69) is 5.32 Å². The van der Waals surface area contributed by atoms with Crippen LogP contribution in [0.2, 0.25) is 5.02 Å². The van der Waals surface area contributed by atoms with Gasteiger partial charge in [0.1, 0.15) is 0 Å². The van der Waals surface area contributed by atoms with Crippen LogP contribution in [0, 0.1) is 0 Å². The molecule has 0 heterocycles. The number of hydrogen-bond donors (Lipinski definition) is 1. The maximum Gasteiger partial charge on any atom is 0.308 e. The Hall–Kier alpha value is -2.66. The molecule has 1 aliphatic rings. The van der Waals surface area contributed by atoms with Gasteiger partial charge in [-0.05, 0) is 67.1 Å². The first-order valence-corrected chi connectivity index (χ1v) is 9.75. The van der Waals surface area contributed by atoms with Crippen molar-refractivity contribution in [3.63, 3.8) is 0 Å². The van der Waals surface area contributed by atoms with E-state index in [0.717, 1.165) is 19.3 Å². The highest BCUT2D eigenvalue weighted by atomic mass is 35.5. The van der Waals surface area contributed by atoms with E-state index in [1.807, 2.05) is 12.1 Å². The van der Waals surface area contributed by atoms with Crippen molar-refractivity contribution in [2.24, 2.45) is 0 Å². The second-order valence-corrected chi connectivity index (χ2v) is 7.22. The minimum absolute atomic E-state index is 0.00318. The standard InChI is InChI=1S/C22H22ClNO4/c23-19-9-7-16(8-10-19)22(27)24-12-11-21(26)28-14-20(25)18-6-5-15-3-1-2-4-17(15)13-18/h5-10,13H,1-4,11-12,14H2,(H,24,27). The molecule has 0 aliphatic heterocycles. The van der Waals surface area contributed by atoms with E-state index in [4.69, 9.17) is 16.3 Å². The van der Waals surface area contributed by atoms with E-state index >= 15 is 0 Å². The third kappa shape index (κ3) is 5.42. The number of nitrogens with one attached hydrogen (secondary N) is 1. The van der Waals surface area contributed by atoms with E-state index in [-0.39, 0.29) is 31.3 Å². The van der Waals surface area contributed by atoms with Gasteiger partial charge in [-0.15, -0.1) is 0 Å². The Morgan fingerprint density at radius 2 is 1.61 bits per heavy atom. The molecule has 0 spiro atoms. The summed E-state index contributed by atoms with van der Waals surface area (Å²) in [4.78, 5) is 36.0. The second kappa shape index (κ2) is 9.51. The summed E-state index contributed by atoms with van der Waals surface area (Å²) in [5, 5.41) is 3.18. The molecule has 0 saturated carbocycles. The number of Topliss-reactive ketones (excluding diaryl/α,β-unsaturated/α-hetero) is 1. The fourth-order valence-corrected chi connectivity index (χ4v) is 3.32. The zero-order valence-electron chi connectivity index (χ0n) is 15.5. The smallest absolute Gasteiger partial charge is 0.308 e. The number of amides is 1. The third-order valence-electron chi connectivity index (χ3n) is 4.76. The average molecular weight is 400 g/mol. The Kier molecular flexibility index (Phi) is 6.82. The highest BCUT2D eigenvalue weighted by Crippen LogP contribution is 2.22. The SMILES string of the molecule is O=C(CCNC(=O)c1ccc(Cl)cc1)OCC(=O)c1ccc2c(c1)CCCC2. The van der Waals surface area contributed by atoms with E-state index in [9.17, 15) is 14.4 Å². The van der Waals surface area contributed by atoms with Crippen LogP contribution in [0.5, 0.6) is 0 Å². The van der Waals surface area contributed by atoms with Crippen molar-refractivity contribution < 1.29 is 19.1 Å². The van der Waals surface area contributed by atoms with Gasteiger partial charge in [0.2, 0.25) is 0 Å². The molecule has 3 rings (SSSR count). The Morgan fingerprint density at radius 3 is 2.36 bits per heavy atom. The van der Waals surface area contributed by atoms with Crippen LogP contribution in [0.15, 0.2) is 42.5 Å². The molecule has 0 atom stereocenters. The van der Waals surface area contributed by atoms with Crippen LogP contribution < -0.4 is 5.32 Å². The molecule has 0 saturated heterocycles. The summed E-state index contributed by atoms with van der Waals surface area (Å²) in [5.41, 5.74) is 3.55. The summed E-state index contributed by atoms with van der Waals surface area (Å²) in [5.74, 6) is -1.04. The molecular formula is C22H22ClNO4. The first kappa shape index (κ1) is 20.1. The summed E-state index contributed by atoms with van der Waals surface area (Å²) in [6, 6.07) is 12.2. The van der Waals surface area contributed by atoms with Crippen LogP contribution >= 0.6 is 11.6 Å². The highest BCUT2D eigenvalue weighted by Gasteiger charge is 2.15. The number of carbonyl (C=O) groups is 3. The van der Waals surface area contributed by atoms with E-state index in [1.165, 1.54) is 17.5 Å². The summed E-state index contributed by atoms with van der Waals surface area (Å²) in [7, 11) is 0. The predicted octanol–water partition coefficient (Wildman–Crippen LogP) is 3.76. The van der Waals surface area contributed by atoms with E-state index in [0.29, 0.717) is 16.1 Å². The lowest BCUT2D eigenvalue weighted by atomic mass is 9.90. The van der Waals surface area contributed by atoms with Gasteiger partial charge in [0.05, 0.1) is 6.42 Å². The Morgan fingerprint density at radius 1 is 0.929 bits per heavy atom. The lowest BCUT2D eigenvalue weighted by Gasteiger charge is -2.16. The molecule has 6 heteroatoms. The van der Waals surface area contributed by atoms with Crippen LogP contribution in [-0.2, 0) is 22.4 Å². The Labute approximate surface area is 169 Å². The van der Waals surface area contributed by atoms with Crippen molar-refractivity contribution in [2.45, 2.75) is 32.1 Å². The van der Waals surface area contributed by atoms with Gasteiger partial charge < -0.3 is 10.1 Å². The fourth-order valence-electron chi connectivity index (χ4n) is 3.19. The van der Waals surface area contributed by atoms with Crippen LogP contribution in [0.1, 0.15) is 51.1 Å². The number of halogens is 1. The number of benzene rings is 2. The maximum atomic E-state index is 12.3. The van der Waals surface area contributed by atoms with Gasteiger partial charge in [-0.2, -0.15) is 0 Å². The van der Waals surface area contributed by atoms with Gasteiger partial charge in [0.15, 0.2) is 12.4 Å². The molecule has 0 fully saturated rings. The van der Waals surface area contributed by atoms with Crippen LogP contribution in [0.3, 0.4) is 0 Å². The molecule has 0 bridgehead atoms. The zero-order chi connectivity index (χ0) is 19.9. The number of ether oxygens (including phenoxy) is 1. The number of esters is 1. The topological polar surface area (TPSA) is 72.5 Å². The van der Waals surface area contributed by atoms with Gasteiger partial charge in [-0.3, -0.25) is 14.4 Å². The maximum absolute atomic E-state index is 12.3. The quantitative estimate of drug-likeness (QED) is 0.568. The minimum Gasteiger partial charge on any atom is -0.457 e. The predicted molar refractivity (Wildman–Crippen MR) is 107 cm³/mol.